The molecule has 1 aliphatic heterocycles. The van der Waals surface area contributed by atoms with Gasteiger partial charge in [-0.15, -0.1) is 0 Å². The number of hydrogen-bond acceptors (Lipinski definition) is 5. The molecule has 2 rings (SSSR count). The van der Waals surface area contributed by atoms with Crippen molar-refractivity contribution in [2.45, 2.75) is 30.5 Å². The summed E-state index contributed by atoms with van der Waals surface area (Å²) >= 11 is 0. The third-order valence-corrected chi connectivity index (χ3v) is 4.83. The highest BCUT2D eigenvalue weighted by atomic mass is 32.2. The van der Waals surface area contributed by atoms with Gasteiger partial charge in [0.15, 0.2) is 5.03 Å². The van der Waals surface area contributed by atoms with Gasteiger partial charge in [0.2, 0.25) is 0 Å². The number of nitrogens with one attached hydrogen (secondary N) is 1. The largest absolute Gasteiger partial charge is 0.326 e. The summed E-state index contributed by atoms with van der Waals surface area (Å²) < 4.78 is 26.8. The molecule has 1 saturated heterocycles. The number of pyridine rings is 1. The van der Waals surface area contributed by atoms with E-state index in [1.165, 1.54) is 12.3 Å². The molecule has 0 spiro atoms. The van der Waals surface area contributed by atoms with Gasteiger partial charge < -0.3 is 10.6 Å². The number of hydrogen-bond donors (Lipinski definition) is 2. The Morgan fingerprint density at radius 1 is 1.53 bits per heavy atom. The van der Waals surface area contributed by atoms with Crippen LogP contribution in [0.15, 0.2) is 23.4 Å². The van der Waals surface area contributed by atoms with Crippen LogP contribution in [-0.2, 0) is 16.6 Å². The van der Waals surface area contributed by atoms with Gasteiger partial charge in [0.25, 0.3) is 10.0 Å². The van der Waals surface area contributed by atoms with Gasteiger partial charge in [-0.05, 0) is 38.1 Å². The minimum absolute atomic E-state index is 0.0466. The first-order valence-corrected chi connectivity index (χ1v) is 7.86. The molecular formula is C12H20N4O2S. The molecule has 0 saturated carbocycles. The lowest BCUT2D eigenvalue weighted by atomic mass is 10.2. The smallest absolute Gasteiger partial charge is 0.258 e. The highest BCUT2D eigenvalue weighted by molar-refractivity contribution is 7.89. The summed E-state index contributed by atoms with van der Waals surface area (Å²) in [6, 6.07) is 3.45. The minimum atomic E-state index is -3.52. The molecule has 1 atom stereocenters. The van der Waals surface area contributed by atoms with E-state index < -0.39 is 10.0 Å². The monoisotopic (exact) mass is 284 g/mol. The summed E-state index contributed by atoms with van der Waals surface area (Å²) in [4.78, 5) is 6.12. The molecule has 0 bridgehead atoms. The number of nitrogens with zero attached hydrogens (tertiary/aromatic N) is 2. The molecule has 0 radical (unpaired) electrons. The van der Waals surface area contributed by atoms with Gasteiger partial charge in [-0.1, -0.05) is 6.07 Å². The first-order valence-electron chi connectivity index (χ1n) is 6.38. The van der Waals surface area contributed by atoms with Crippen LogP contribution in [0.4, 0.5) is 0 Å². The van der Waals surface area contributed by atoms with Crippen LogP contribution in [0.5, 0.6) is 0 Å². The van der Waals surface area contributed by atoms with Gasteiger partial charge in [0, 0.05) is 25.3 Å². The van der Waals surface area contributed by atoms with Crippen LogP contribution in [0.2, 0.25) is 0 Å². The zero-order valence-electron chi connectivity index (χ0n) is 11.0. The summed E-state index contributed by atoms with van der Waals surface area (Å²) in [7, 11) is -1.51. The SMILES string of the molecule is CN1CCCC1CNS(=O)(=O)c1ccc(CN)cn1. The zero-order valence-corrected chi connectivity index (χ0v) is 11.9. The second kappa shape index (κ2) is 5.96. The number of rotatable bonds is 5. The van der Waals surface area contributed by atoms with Crippen molar-refractivity contribution in [2.24, 2.45) is 5.73 Å². The van der Waals surface area contributed by atoms with E-state index in [9.17, 15) is 8.42 Å². The Kier molecular flexibility index (Phi) is 4.51. The topological polar surface area (TPSA) is 88.3 Å². The van der Waals surface area contributed by atoms with Crippen LogP contribution in [0.3, 0.4) is 0 Å². The average molecular weight is 284 g/mol. The van der Waals surface area contributed by atoms with E-state index in [1.54, 1.807) is 6.07 Å². The number of likely N-dealkylation sites (N-methyl/N-ethyl adjacent to an activating group) is 1. The number of aromatic nitrogens is 1. The van der Waals surface area contributed by atoms with Crippen molar-refractivity contribution in [3.63, 3.8) is 0 Å². The lowest BCUT2D eigenvalue weighted by molar-refractivity contribution is 0.310. The average Bonchev–Trinajstić information content (AvgIpc) is 2.82. The second-order valence-electron chi connectivity index (χ2n) is 4.84. The maximum atomic E-state index is 12.1. The first-order chi connectivity index (χ1) is 9.03. The fraction of sp³-hybridized carbons (Fsp3) is 0.583. The van der Waals surface area contributed by atoms with Gasteiger partial charge in [0.05, 0.1) is 0 Å². The van der Waals surface area contributed by atoms with Crippen LogP contribution < -0.4 is 10.5 Å². The molecule has 1 unspecified atom stereocenters. The fourth-order valence-corrected chi connectivity index (χ4v) is 3.21. The Bertz CT molecular complexity index is 515. The summed E-state index contributed by atoms with van der Waals surface area (Å²) in [5.41, 5.74) is 6.27. The maximum absolute atomic E-state index is 12.1. The first kappa shape index (κ1) is 14.4. The normalized spacial score (nSPS) is 20.8. The maximum Gasteiger partial charge on any atom is 0.258 e. The standard InChI is InChI=1S/C12H20N4O2S/c1-16-6-2-3-11(16)9-15-19(17,18)12-5-4-10(7-13)8-14-12/h4-5,8,11,15H,2-3,6-7,9,13H2,1H3. The lowest BCUT2D eigenvalue weighted by Crippen LogP contribution is -2.38. The van der Waals surface area contributed by atoms with E-state index in [2.05, 4.69) is 14.6 Å². The Hall–Kier alpha value is -1.02. The molecule has 106 valence electrons. The van der Waals surface area contributed by atoms with Crippen LogP contribution in [-0.4, -0.2) is 44.5 Å². The van der Waals surface area contributed by atoms with E-state index in [0.29, 0.717) is 13.1 Å². The van der Waals surface area contributed by atoms with Gasteiger partial charge in [-0.3, -0.25) is 0 Å². The molecule has 7 heteroatoms. The fourth-order valence-electron chi connectivity index (χ4n) is 2.21. The Balaban J connectivity index is 2.01. The summed E-state index contributed by atoms with van der Waals surface area (Å²) in [6.45, 7) is 1.81. The molecule has 1 aromatic rings. The Morgan fingerprint density at radius 2 is 2.32 bits per heavy atom. The quantitative estimate of drug-likeness (QED) is 0.789. The molecule has 1 aliphatic rings. The van der Waals surface area contributed by atoms with E-state index in [-0.39, 0.29) is 11.1 Å². The number of nitrogens with two attached hydrogens (primary N) is 1. The molecule has 19 heavy (non-hydrogen) atoms. The van der Waals surface area contributed by atoms with Gasteiger partial charge >= 0.3 is 0 Å². The van der Waals surface area contributed by atoms with Crippen molar-refractivity contribution in [3.8, 4) is 0 Å². The Morgan fingerprint density at radius 3 is 2.84 bits per heavy atom. The highest BCUT2D eigenvalue weighted by Gasteiger charge is 2.23. The molecule has 3 N–H and O–H groups in total. The predicted octanol–water partition coefficient (Wildman–Crippen LogP) is -0.0872. The molecule has 6 nitrogen and oxygen atoms in total. The van der Waals surface area contributed by atoms with Crippen molar-refractivity contribution < 1.29 is 8.42 Å². The molecule has 1 aromatic heterocycles. The molecule has 2 heterocycles. The third-order valence-electron chi connectivity index (χ3n) is 3.49. The Labute approximate surface area is 114 Å². The zero-order chi connectivity index (χ0) is 13.9. The summed E-state index contributed by atoms with van der Waals surface area (Å²) in [5.74, 6) is 0. The molecule has 1 fully saturated rings. The van der Waals surface area contributed by atoms with Gasteiger partial charge in [-0.25, -0.2) is 18.1 Å². The lowest BCUT2D eigenvalue weighted by Gasteiger charge is -2.19. The number of likely N-dealkylation sites (tertiary alicyclic amines) is 1. The van der Waals surface area contributed by atoms with Crippen molar-refractivity contribution in [3.05, 3.63) is 23.9 Å². The predicted molar refractivity (Wildman–Crippen MR) is 73.0 cm³/mol. The van der Waals surface area contributed by atoms with Crippen LogP contribution in [0.1, 0.15) is 18.4 Å². The van der Waals surface area contributed by atoms with Crippen molar-refractivity contribution >= 4 is 10.0 Å². The van der Waals surface area contributed by atoms with E-state index >= 15 is 0 Å². The van der Waals surface area contributed by atoms with Crippen LogP contribution in [0.25, 0.3) is 0 Å². The molecule has 0 amide bonds. The van der Waals surface area contributed by atoms with Crippen LogP contribution >= 0.6 is 0 Å². The molecule has 0 aromatic carbocycles. The summed E-state index contributed by atoms with van der Waals surface area (Å²) in [6.07, 6.45) is 3.64. The van der Waals surface area contributed by atoms with Crippen molar-refractivity contribution in [1.82, 2.24) is 14.6 Å². The number of sulfonamides is 1. The van der Waals surface area contributed by atoms with E-state index in [1.807, 2.05) is 7.05 Å². The highest BCUT2D eigenvalue weighted by Crippen LogP contribution is 2.14. The van der Waals surface area contributed by atoms with Gasteiger partial charge in [0.1, 0.15) is 0 Å². The second-order valence-corrected chi connectivity index (χ2v) is 6.55. The minimum Gasteiger partial charge on any atom is -0.326 e. The molecular weight excluding hydrogens is 264 g/mol. The summed E-state index contributed by atoms with van der Waals surface area (Å²) in [5, 5.41) is 0.0466. The van der Waals surface area contributed by atoms with Crippen LogP contribution in [0, 0.1) is 0 Å². The van der Waals surface area contributed by atoms with Crippen molar-refractivity contribution in [2.75, 3.05) is 20.1 Å². The van der Waals surface area contributed by atoms with E-state index in [4.69, 9.17) is 5.73 Å². The van der Waals surface area contributed by atoms with Gasteiger partial charge in [-0.2, -0.15) is 0 Å². The van der Waals surface area contributed by atoms with E-state index in [0.717, 1.165) is 24.9 Å². The van der Waals surface area contributed by atoms with Crippen molar-refractivity contribution in [1.29, 1.82) is 0 Å². The molecule has 0 aliphatic carbocycles. The third kappa shape index (κ3) is 3.50.